The fraction of sp³-hybridized carbons (Fsp3) is 0.167. The van der Waals surface area contributed by atoms with Crippen LogP contribution in [0.15, 0.2) is 42.5 Å². The average Bonchev–Trinajstić information content (AvgIpc) is 2.79. The van der Waals surface area contributed by atoms with E-state index in [2.05, 4.69) is 26.8 Å². The van der Waals surface area contributed by atoms with Crippen molar-refractivity contribution in [3.8, 4) is 0 Å². The average molecular weight is 280 g/mol. The van der Waals surface area contributed by atoms with Crippen LogP contribution in [0.1, 0.15) is 31.2 Å². The molecule has 1 nitrogen and oxygen atoms in total. The van der Waals surface area contributed by atoms with Crippen LogP contribution in [0.5, 0.6) is 0 Å². The predicted molar refractivity (Wildman–Crippen MR) is 85.9 cm³/mol. The topological polar surface area (TPSA) is 17.1 Å². The van der Waals surface area contributed by atoms with Crippen molar-refractivity contribution in [1.82, 2.24) is 0 Å². The van der Waals surface area contributed by atoms with Gasteiger partial charge in [0.15, 0.2) is 0 Å². The molecular formula is C18H16OS. The van der Waals surface area contributed by atoms with Crippen LogP contribution in [0.25, 0.3) is 10.8 Å². The highest BCUT2D eigenvalue weighted by Gasteiger charge is 2.16. The molecule has 1 aromatic heterocycles. The van der Waals surface area contributed by atoms with Gasteiger partial charge in [-0.2, -0.15) is 0 Å². The molecule has 100 valence electrons. The van der Waals surface area contributed by atoms with E-state index in [1.165, 1.54) is 16.0 Å². The molecule has 0 atom stereocenters. The summed E-state index contributed by atoms with van der Waals surface area (Å²) in [7, 11) is 0. The lowest BCUT2D eigenvalue weighted by atomic mass is 9.97. The van der Waals surface area contributed by atoms with Crippen LogP contribution in [0.4, 0.5) is 0 Å². The Hall–Kier alpha value is -1.93. The van der Waals surface area contributed by atoms with Crippen molar-refractivity contribution in [3.63, 3.8) is 0 Å². The van der Waals surface area contributed by atoms with Gasteiger partial charge in [0.05, 0.1) is 4.88 Å². The number of aryl methyl sites for hydroxylation is 3. The van der Waals surface area contributed by atoms with Crippen molar-refractivity contribution in [1.29, 1.82) is 0 Å². The number of thiophene rings is 1. The third-order valence-electron chi connectivity index (χ3n) is 3.78. The lowest BCUT2D eigenvalue weighted by Gasteiger charge is -2.07. The second-order valence-corrected chi connectivity index (χ2v) is 6.41. The van der Waals surface area contributed by atoms with Crippen LogP contribution < -0.4 is 0 Å². The molecule has 1 heterocycles. The van der Waals surface area contributed by atoms with Gasteiger partial charge in [0.2, 0.25) is 5.78 Å². The van der Waals surface area contributed by atoms with Gasteiger partial charge < -0.3 is 0 Å². The van der Waals surface area contributed by atoms with Crippen LogP contribution >= 0.6 is 11.3 Å². The molecule has 0 fully saturated rings. The van der Waals surface area contributed by atoms with Crippen molar-refractivity contribution in [2.24, 2.45) is 0 Å². The summed E-state index contributed by atoms with van der Waals surface area (Å²) in [6.07, 6.45) is 0. The first-order valence-electron chi connectivity index (χ1n) is 6.68. The smallest absolute Gasteiger partial charge is 0.203 e. The van der Waals surface area contributed by atoms with E-state index in [1.807, 2.05) is 36.4 Å². The Balaban J connectivity index is 2.20. The Morgan fingerprint density at radius 2 is 1.60 bits per heavy atom. The maximum Gasteiger partial charge on any atom is 0.203 e. The quantitative estimate of drug-likeness (QED) is 0.600. The van der Waals surface area contributed by atoms with E-state index in [4.69, 9.17) is 0 Å². The van der Waals surface area contributed by atoms with E-state index in [0.717, 1.165) is 21.2 Å². The lowest BCUT2D eigenvalue weighted by molar-refractivity contribution is 0.104. The first kappa shape index (κ1) is 13.1. The second kappa shape index (κ2) is 4.88. The minimum atomic E-state index is 0.127. The number of hydrogen-bond acceptors (Lipinski definition) is 2. The summed E-state index contributed by atoms with van der Waals surface area (Å²) in [5, 5.41) is 2.20. The minimum Gasteiger partial charge on any atom is -0.288 e. The molecule has 0 aliphatic carbocycles. The molecule has 0 amide bonds. The molecule has 2 aromatic carbocycles. The van der Waals surface area contributed by atoms with E-state index < -0.39 is 0 Å². The molecule has 0 unspecified atom stereocenters. The maximum atomic E-state index is 12.7. The van der Waals surface area contributed by atoms with Crippen LogP contribution in [0.3, 0.4) is 0 Å². The van der Waals surface area contributed by atoms with Gasteiger partial charge >= 0.3 is 0 Å². The van der Waals surface area contributed by atoms with Gasteiger partial charge in [-0.05, 0) is 48.7 Å². The number of ketones is 1. The summed E-state index contributed by atoms with van der Waals surface area (Å²) in [6.45, 7) is 6.19. The monoisotopic (exact) mass is 280 g/mol. The van der Waals surface area contributed by atoms with E-state index in [0.29, 0.717) is 0 Å². The molecule has 20 heavy (non-hydrogen) atoms. The molecule has 0 N–H and O–H groups in total. The standard InChI is InChI=1S/C18H16OS/c1-11-8-9-16(15-7-5-4-6-14(11)15)18(19)17-10-12(2)13(3)20-17/h4-10H,1-3H3. The van der Waals surface area contributed by atoms with Gasteiger partial charge in [-0.1, -0.05) is 36.4 Å². The molecule has 3 aromatic rings. The third kappa shape index (κ3) is 2.06. The number of fused-ring (bicyclic) bond motifs is 1. The predicted octanol–water partition coefficient (Wildman–Crippen LogP) is 5.06. The van der Waals surface area contributed by atoms with Gasteiger partial charge in [-0.3, -0.25) is 4.79 Å². The van der Waals surface area contributed by atoms with Crippen molar-refractivity contribution in [2.45, 2.75) is 20.8 Å². The number of carbonyl (C=O) groups is 1. The first-order valence-corrected chi connectivity index (χ1v) is 7.49. The molecule has 2 heteroatoms. The summed E-state index contributed by atoms with van der Waals surface area (Å²) in [4.78, 5) is 14.8. The van der Waals surface area contributed by atoms with E-state index >= 15 is 0 Å². The normalized spacial score (nSPS) is 10.9. The van der Waals surface area contributed by atoms with Crippen LogP contribution in [-0.4, -0.2) is 5.78 Å². The fourth-order valence-electron chi connectivity index (χ4n) is 2.47. The van der Waals surface area contributed by atoms with Crippen LogP contribution in [0, 0.1) is 20.8 Å². The highest BCUT2D eigenvalue weighted by atomic mass is 32.1. The molecule has 0 saturated carbocycles. The molecule has 0 bridgehead atoms. The van der Waals surface area contributed by atoms with Crippen molar-refractivity contribution < 1.29 is 4.79 Å². The zero-order valence-electron chi connectivity index (χ0n) is 11.9. The van der Waals surface area contributed by atoms with Crippen molar-refractivity contribution in [3.05, 3.63) is 68.9 Å². The number of carbonyl (C=O) groups excluding carboxylic acids is 1. The van der Waals surface area contributed by atoms with Gasteiger partial charge in [0, 0.05) is 10.4 Å². The largest absolute Gasteiger partial charge is 0.288 e. The number of rotatable bonds is 2. The first-order chi connectivity index (χ1) is 9.58. The second-order valence-electron chi connectivity index (χ2n) is 5.15. The SMILES string of the molecule is Cc1cc(C(=O)c2ccc(C)c3ccccc23)sc1C. The number of hydrogen-bond donors (Lipinski definition) is 0. The molecule has 0 aliphatic rings. The minimum absolute atomic E-state index is 0.127. The zero-order valence-corrected chi connectivity index (χ0v) is 12.7. The summed E-state index contributed by atoms with van der Waals surface area (Å²) >= 11 is 1.58. The summed E-state index contributed by atoms with van der Waals surface area (Å²) < 4.78 is 0. The van der Waals surface area contributed by atoms with E-state index in [-0.39, 0.29) is 5.78 Å². The fourth-order valence-corrected chi connectivity index (χ4v) is 3.45. The summed E-state index contributed by atoms with van der Waals surface area (Å²) in [5.41, 5.74) is 3.19. The van der Waals surface area contributed by atoms with Crippen molar-refractivity contribution in [2.75, 3.05) is 0 Å². The van der Waals surface area contributed by atoms with Crippen LogP contribution in [0.2, 0.25) is 0 Å². The highest BCUT2D eigenvalue weighted by molar-refractivity contribution is 7.14. The number of benzene rings is 2. The Bertz CT molecular complexity index is 792. The highest BCUT2D eigenvalue weighted by Crippen LogP contribution is 2.28. The van der Waals surface area contributed by atoms with Crippen LogP contribution in [-0.2, 0) is 0 Å². The van der Waals surface area contributed by atoms with Gasteiger partial charge in [0.25, 0.3) is 0 Å². The van der Waals surface area contributed by atoms with Gasteiger partial charge in [-0.15, -0.1) is 11.3 Å². The third-order valence-corrected chi connectivity index (χ3v) is 4.93. The Labute approximate surface area is 122 Å². The Kier molecular flexibility index (Phi) is 3.19. The van der Waals surface area contributed by atoms with E-state index in [9.17, 15) is 4.79 Å². The van der Waals surface area contributed by atoms with Gasteiger partial charge in [-0.25, -0.2) is 0 Å². The van der Waals surface area contributed by atoms with Gasteiger partial charge in [0.1, 0.15) is 0 Å². The maximum absolute atomic E-state index is 12.7. The summed E-state index contributed by atoms with van der Waals surface area (Å²) in [5.74, 6) is 0.127. The summed E-state index contributed by atoms with van der Waals surface area (Å²) in [6, 6.07) is 14.1. The molecule has 0 saturated heterocycles. The van der Waals surface area contributed by atoms with Crippen molar-refractivity contribution >= 4 is 27.9 Å². The zero-order chi connectivity index (χ0) is 14.3. The molecule has 0 aliphatic heterocycles. The lowest BCUT2D eigenvalue weighted by Crippen LogP contribution is -2.00. The Morgan fingerprint density at radius 1 is 0.900 bits per heavy atom. The molecule has 0 spiro atoms. The molecular weight excluding hydrogens is 264 g/mol. The molecule has 3 rings (SSSR count). The molecule has 0 radical (unpaired) electrons. The Morgan fingerprint density at radius 3 is 2.25 bits per heavy atom. The van der Waals surface area contributed by atoms with E-state index in [1.54, 1.807) is 11.3 Å².